The van der Waals surface area contributed by atoms with Crippen molar-refractivity contribution in [2.24, 2.45) is 11.0 Å². The van der Waals surface area contributed by atoms with Gasteiger partial charge < -0.3 is 10.1 Å². The van der Waals surface area contributed by atoms with Crippen molar-refractivity contribution in [3.8, 4) is 5.75 Å². The summed E-state index contributed by atoms with van der Waals surface area (Å²) in [5.41, 5.74) is 5.23. The summed E-state index contributed by atoms with van der Waals surface area (Å²) in [7, 11) is 0. The number of halogens is 1. The Morgan fingerprint density at radius 1 is 0.941 bits per heavy atom. The number of hydrogen-bond donors (Lipinski definition) is 2. The molecule has 2 N–H and O–H groups in total. The standard InChI is InChI=1S/C26H24ClN3O4/c1-16(2)24(31)29-22-11-8-18(9-12-22)25(32)30-28-15-20-14-21(27)10-13-23(20)34-26(33)19-6-4-17(3)5-7-19/h4-16H,1-3H3,(H,29,31)(H,30,32)/b28-15+. The SMILES string of the molecule is Cc1ccc(C(=O)Oc2ccc(Cl)cc2/C=N/NC(=O)c2ccc(NC(=O)C(C)C)cc2)cc1. The van der Waals surface area contributed by atoms with Crippen LogP contribution in [0.15, 0.2) is 71.8 Å². The molecule has 3 aromatic rings. The molecule has 0 aliphatic carbocycles. The third-order valence-corrected chi connectivity index (χ3v) is 5.01. The molecule has 0 radical (unpaired) electrons. The number of anilines is 1. The highest BCUT2D eigenvalue weighted by molar-refractivity contribution is 6.31. The van der Waals surface area contributed by atoms with Crippen molar-refractivity contribution >= 4 is 41.3 Å². The monoisotopic (exact) mass is 477 g/mol. The Labute approximate surface area is 202 Å². The van der Waals surface area contributed by atoms with Gasteiger partial charge in [0.15, 0.2) is 0 Å². The van der Waals surface area contributed by atoms with Crippen LogP contribution in [0, 0.1) is 12.8 Å². The number of ether oxygens (including phenoxy) is 1. The van der Waals surface area contributed by atoms with E-state index in [9.17, 15) is 14.4 Å². The molecule has 0 fully saturated rings. The summed E-state index contributed by atoms with van der Waals surface area (Å²) in [5, 5.41) is 7.14. The molecule has 2 amide bonds. The van der Waals surface area contributed by atoms with Gasteiger partial charge in [0.05, 0.1) is 11.8 Å². The lowest BCUT2D eigenvalue weighted by molar-refractivity contribution is -0.118. The molecule has 0 bridgehead atoms. The molecule has 0 saturated carbocycles. The topological polar surface area (TPSA) is 96.9 Å². The maximum atomic E-state index is 12.5. The van der Waals surface area contributed by atoms with Gasteiger partial charge in [-0.3, -0.25) is 9.59 Å². The van der Waals surface area contributed by atoms with Gasteiger partial charge in [-0.1, -0.05) is 43.1 Å². The van der Waals surface area contributed by atoms with Crippen LogP contribution in [-0.4, -0.2) is 24.0 Å². The van der Waals surface area contributed by atoms with Gasteiger partial charge in [0.2, 0.25) is 5.91 Å². The molecule has 34 heavy (non-hydrogen) atoms. The van der Waals surface area contributed by atoms with Gasteiger partial charge in [-0.25, -0.2) is 10.2 Å². The Morgan fingerprint density at radius 3 is 2.24 bits per heavy atom. The quantitative estimate of drug-likeness (QED) is 0.211. The predicted molar refractivity (Wildman–Crippen MR) is 133 cm³/mol. The van der Waals surface area contributed by atoms with E-state index in [1.54, 1.807) is 68.4 Å². The summed E-state index contributed by atoms with van der Waals surface area (Å²) < 4.78 is 5.49. The second kappa shape index (κ2) is 11.2. The number of nitrogens with zero attached hydrogens (tertiary/aromatic N) is 1. The lowest BCUT2D eigenvalue weighted by atomic mass is 10.1. The molecule has 0 aliphatic heterocycles. The minimum absolute atomic E-state index is 0.109. The average molecular weight is 478 g/mol. The highest BCUT2D eigenvalue weighted by Crippen LogP contribution is 2.22. The summed E-state index contributed by atoms with van der Waals surface area (Å²) in [6, 6.07) is 18.2. The first-order valence-electron chi connectivity index (χ1n) is 10.6. The van der Waals surface area contributed by atoms with Crippen LogP contribution in [0.3, 0.4) is 0 Å². The number of benzene rings is 3. The molecule has 174 valence electrons. The maximum absolute atomic E-state index is 12.5. The number of rotatable bonds is 7. The third kappa shape index (κ3) is 6.76. The van der Waals surface area contributed by atoms with Gasteiger partial charge in [0.25, 0.3) is 5.91 Å². The number of hydrazone groups is 1. The maximum Gasteiger partial charge on any atom is 0.343 e. The fraction of sp³-hybridized carbons (Fsp3) is 0.154. The van der Waals surface area contributed by atoms with E-state index in [0.29, 0.717) is 27.4 Å². The highest BCUT2D eigenvalue weighted by Gasteiger charge is 2.12. The van der Waals surface area contributed by atoms with Gasteiger partial charge in [-0.2, -0.15) is 5.10 Å². The van der Waals surface area contributed by atoms with Gasteiger partial charge in [-0.15, -0.1) is 0 Å². The fourth-order valence-electron chi connectivity index (χ4n) is 2.78. The highest BCUT2D eigenvalue weighted by atomic mass is 35.5. The summed E-state index contributed by atoms with van der Waals surface area (Å²) in [6.07, 6.45) is 1.35. The van der Waals surface area contributed by atoms with E-state index < -0.39 is 11.9 Å². The molecule has 0 atom stereocenters. The van der Waals surface area contributed by atoms with Gasteiger partial charge in [0, 0.05) is 27.8 Å². The van der Waals surface area contributed by atoms with E-state index in [4.69, 9.17) is 16.3 Å². The lowest BCUT2D eigenvalue weighted by Gasteiger charge is -2.09. The van der Waals surface area contributed by atoms with Crippen molar-refractivity contribution < 1.29 is 19.1 Å². The van der Waals surface area contributed by atoms with Crippen LogP contribution in [0.25, 0.3) is 0 Å². The van der Waals surface area contributed by atoms with Crippen LogP contribution in [0.1, 0.15) is 45.7 Å². The fourth-order valence-corrected chi connectivity index (χ4v) is 2.96. The van der Waals surface area contributed by atoms with Crippen LogP contribution >= 0.6 is 11.6 Å². The number of carbonyl (C=O) groups excluding carboxylic acids is 3. The van der Waals surface area contributed by atoms with Gasteiger partial charge >= 0.3 is 5.97 Å². The number of nitrogens with one attached hydrogen (secondary N) is 2. The number of amides is 2. The summed E-state index contributed by atoms with van der Waals surface area (Å²) in [5.74, 6) is -0.978. The lowest BCUT2D eigenvalue weighted by Crippen LogP contribution is -2.19. The predicted octanol–water partition coefficient (Wildman–Crippen LogP) is 5.23. The number of carbonyl (C=O) groups is 3. The van der Waals surface area contributed by atoms with Crippen molar-refractivity contribution in [3.05, 3.63) is 94.0 Å². The van der Waals surface area contributed by atoms with Crippen LogP contribution < -0.4 is 15.5 Å². The first kappa shape index (κ1) is 24.7. The van der Waals surface area contributed by atoms with Crippen LogP contribution in [0.2, 0.25) is 5.02 Å². The molecule has 0 aromatic heterocycles. The number of aryl methyl sites for hydroxylation is 1. The third-order valence-electron chi connectivity index (χ3n) is 4.77. The molecule has 7 nitrogen and oxygen atoms in total. The average Bonchev–Trinajstić information content (AvgIpc) is 2.81. The summed E-state index contributed by atoms with van der Waals surface area (Å²) in [6.45, 7) is 5.52. The van der Waals surface area contributed by atoms with Crippen LogP contribution in [0.5, 0.6) is 5.75 Å². The summed E-state index contributed by atoms with van der Waals surface area (Å²) in [4.78, 5) is 36.6. The first-order chi connectivity index (χ1) is 16.2. The Bertz CT molecular complexity index is 1220. The van der Waals surface area contributed by atoms with Crippen molar-refractivity contribution in [1.29, 1.82) is 0 Å². The number of esters is 1. The molecular weight excluding hydrogens is 454 g/mol. The first-order valence-corrected chi connectivity index (χ1v) is 10.9. The minimum Gasteiger partial charge on any atom is -0.422 e. The van der Waals surface area contributed by atoms with Crippen molar-refractivity contribution in [2.45, 2.75) is 20.8 Å². The van der Waals surface area contributed by atoms with Gasteiger partial charge in [-0.05, 0) is 61.5 Å². The normalized spacial score (nSPS) is 10.9. The number of hydrogen-bond acceptors (Lipinski definition) is 5. The molecule has 8 heteroatoms. The molecule has 3 aromatic carbocycles. The molecule has 3 rings (SSSR count). The van der Waals surface area contributed by atoms with E-state index >= 15 is 0 Å². The van der Waals surface area contributed by atoms with E-state index in [-0.39, 0.29) is 17.6 Å². The Kier molecular flexibility index (Phi) is 8.16. The Hall–Kier alpha value is -3.97. The van der Waals surface area contributed by atoms with Crippen LogP contribution in [-0.2, 0) is 4.79 Å². The van der Waals surface area contributed by atoms with Crippen molar-refractivity contribution in [3.63, 3.8) is 0 Å². The molecule has 0 saturated heterocycles. The zero-order valence-corrected chi connectivity index (χ0v) is 19.7. The second-order valence-electron chi connectivity index (χ2n) is 7.86. The van der Waals surface area contributed by atoms with E-state index in [2.05, 4.69) is 15.8 Å². The molecule has 0 heterocycles. The van der Waals surface area contributed by atoms with E-state index in [1.165, 1.54) is 6.21 Å². The molecular formula is C26H24ClN3O4. The van der Waals surface area contributed by atoms with E-state index in [0.717, 1.165) is 5.56 Å². The van der Waals surface area contributed by atoms with Crippen LogP contribution in [0.4, 0.5) is 5.69 Å². The Morgan fingerprint density at radius 2 is 1.59 bits per heavy atom. The largest absolute Gasteiger partial charge is 0.422 e. The van der Waals surface area contributed by atoms with Crippen molar-refractivity contribution in [1.82, 2.24) is 5.43 Å². The summed E-state index contributed by atoms with van der Waals surface area (Å²) >= 11 is 6.08. The second-order valence-corrected chi connectivity index (χ2v) is 8.29. The smallest absolute Gasteiger partial charge is 0.343 e. The van der Waals surface area contributed by atoms with Crippen molar-refractivity contribution in [2.75, 3.05) is 5.32 Å². The zero-order chi connectivity index (χ0) is 24.7. The van der Waals surface area contributed by atoms with E-state index in [1.807, 2.05) is 19.1 Å². The minimum atomic E-state index is -0.523. The molecule has 0 unspecified atom stereocenters. The zero-order valence-electron chi connectivity index (χ0n) is 19.0. The van der Waals surface area contributed by atoms with Gasteiger partial charge in [0.1, 0.15) is 5.75 Å². The molecule has 0 spiro atoms. The molecule has 0 aliphatic rings. The Balaban J connectivity index is 1.66.